The molecule has 1 N–H and O–H groups in total. The first-order valence-corrected chi connectivity index (χ1v) is 6.69. The van der Waals surface area contributed by atoms with Crippen LogP contribution in [0.3, 0.4) is 0 Å². The molecule has 2 aromatic rings. The Morgan fingerprint density at radius 2 is 2.05 bits per heavy atom. The van der Waals surface area contributed by atoms with Crippen molar-refractivity contribution in [3.8, 4) is 0 Å². The molecule has 0 radical (unpaired) electrons. The van der Waals surface area contributed by atoms with Gasteiger partial charge in [0.1, 0.15) is 6.54 Å². The molecule has 110 valence electrons. The highest BCUT2D eigenvalue weighted by molar-refractivity contribution is 5.75. The molecule has 0 unspecified atom stereocenters. The van der Waals surface area contributed by atoms with Crippen LogP contribution in [0, 0.1) is 20.8 Å². The molecule has 2 heterocycles. The van der Waals surface area contributed by atoms with E-state index >= 15 is 0 Å². The topological polar surface area (TPSA) is 76.9 Å². The highest BCUT2D eigenvalue weighted by Crippen LogP contribution is 2.05. The molecule has 21 heavy (non-hydrogen) atoms. The van der Waals surface area contributed by atoms with Crippen molar-refractivity contribution in [2.45, 2.75) is 33.9 Å². The lowest BCUT2D eigenvalue weighted by Gasteiger charge is -2.08. The van der Waals surface area contributed by atoms with Crippen molar-refractivity contribution < 1.29 is 4.79 Å². The Balaban J connectivity index is 1.97. The Hall–Kier alpha value is -2.50. The average molecular weight is 286 g/mol. The van der Waals surface area contributed by atoms with Crippen LogP contribution in [0.25, 0.3) is 0 Å². The summed E-state index contributed by atoms with van der Waals surface area (Å²) < 4.78 is 1.16. The largest absolute Gasteiger partial charge is 0.350 e. The van der Waals surface area contributed by atoms with Gasteiger partial charge in [0.2, 0.25) is 5.91 Å². The van der Waals surface area contributed by atoms with Gasteiger partial charge in [-0.25, -0.2) is 4.68 Å². The molecule has 6 nitrogen and oxygen atoms in total. The van der Waals surface area contributed by atoms with Crippen LogP contribution in [-0.4, -0.2) is 20.7 Å². The molecule has 2 aromatic heterocycles. The third kappa shape index (κ3) is 3.98. The van der Waals surface area contributed by atoms with Gasteiger partial charge >= 0.3 is 0 Å². The molecule has 0 fully saturated rings. The number of pyridine rings is 1. The van der Waals surface area contributed by atoms with E-state index in [0.29, 0.717) is 12.2 Å². The summed E-state index contributed by atoms with van der Waals surface area (Å²) >= 11 is 0. The van der Waals surface area contributed by atoms with Gasteiger partial charge in [0, 0.05) is 24.5 Å². The fourth-order valence-electron chi connectivity index (χ4n) is 1.85. The van der Waals surface area contributed by atoms with E-state index in [-0.39, 0.29) is 18.0 Å². The van der Waals surface area contributed by atoms with Crippen molar-refractivity contribution in [3.63, 3.8) is 0 Å². The standard InChI is InChI=1S/C15H18N4O2/c1-10-6-13(7-16-12(10)3)8-17-14(20)9-19-15(21)5-4-11(2)18-19/h4-7H,8-9H2,1-3H3,(H,17,20). The van der Waals surface area contributed by atoms with Gasteiger partial charge in [-0.2, -0.15) is 5.10 Å². The average Bonchev–Trinajstić information content (AvgIpc) is 2.44. The lowest BCUT2D eigenvalue weighted by atomic mass is 10.1. The highest BCUT2D eigenvalue weighted by atomic mass is 16.2. The third-order valence-electron chi connectivity index (χ3n) is 3.18. The fraction of sp³-hybridized carbons (Fsp3) is 0.333. The van der Waals surface area contributed by atoms with Crippen molar-refractivity contribution in [2.75, 3.05) is 0 Å². The van der Waals surface area contributed by atoms with E-state index in [4.69, 9.17) is 0 Å². The second kappa shape index (κ2) is 6.30. The second-order valence-electron chi connectivity index (χ2n) is 4.99. The van der Waals surface area contributed by atoms with Crippen LogP contribution in [0.5, 0.6) is 0 Å². The summed E-state index contributed by atoms with van der Waals surface area (Å²) in [5, 5.41) is 6.79. The first-order chi connectivity index (χ1) is 9.95. The molecule has 0 aromatic carbocycles. The van der Waals surface area contributed by atoms with Gasteiger partial charge < -0.3 is 5.32 Å². The van der Waals surface area contributed by atoms with E-state index < -0.39 is 0 Å². The first-order valence-electron chi connectivity index (χ1n) is 6.69. The maximum atomic E-state index is 11.9. The molecule has 1 amide bonds. The molecular formula is C15H18N4O2. The molecule has 6 heteroatoms. The molecule has 0 spiro atoms. The van der Waals surface area contributed by atoms with Crippen molar-refractivity contribution >= 4 is 5.91 Å². The van der Waals surface area contributed by atoms with Gasteiger partial charge in [0.05, 0.1) is 5.69 Å². The Morgan fingerprint density at radius 1 is 1.29 bits per heavy atom. The number of carbonyl (C=O) groups excluding carboxylic acids is 1. The first kappa shape index (κ1) is 14.9. The van der Waals surface area contributed by atoms with E-state index in [1.165, 1.54) is 6.07 Å². The Kier molecular flexibility index (Phi) is 4.47. The number of rotatable bonds is 4. The SMILES string of the molecule is Cc1ccc(=O)n(CC(=O)NCc2cnc(C)c(C)c2)n1. The van der Waals surface area contributed by atoms with Crippen molar-refractivity contribution in [3.05, 3.63) is 57.3 Å². The number of aromatic nitrogens is 3. The van der Waals surface area contributed by atoms with E-state index in [1.807, 2.05) is 19.9 Å². The van der Waals surface area contributed by atoms with Crippen LogP contribution in [0.15, 0.2) is 29.2 Å². The number of amides is 1. The number of nitrogens with one attached hydrogen (secondary N) is 1. The number of hydrogen-bond donors (Lipinski definition) is 1. The molecular weight excluding hydrogens is 268 g/mol. The lowest BCUT2D eigenvalue weighted by Crippen LogP contribution is -2.33. The van der Waals surface area contributed by atoms with E-state index in [0.717, 1.165) is 21.5 Å². The summed E-state index contributed by atoms with van der Waals surface area (Å²) in [6.45, 7) is 5.98. The molecule has 0 aliphatic rings. The predicted octanol–water partition coefficient (Wildman–Crippen LogP) is 0.880. The summed E-state index contributed by atoms with van der Waals surface area (Å²) in [5.74, 6) is -0.256. The zero-order valence-electron chi connectivity index (χ0n) is 12.4. The van der Waals surface area contributed by atoms with Gasteiger partial charge in [0.25, 0.3) is 5.56 Å². The Morgan fingerprint density at radius 3 is 2.76 bits per heavy atom. The van der Waals surface area contributed by atoms with Crippen molar-refractivity contribution in [1.29, 1.82) is 0 Å². The zero-order valence-corrected chi connectivity index (χ0v) is 12.4. The molecule has 0 saturated carbocycles. The van der Waals surface area contributed by atoms with Crippen LogP contribution < -0.4 is 10.9 Å². The molecule has 0 saturated heterocycles. The summed E-state index contributed by atoms with van der Waals surface area (Å²) in [7, 11) is 0. The minimum absolute atomic E-state index is 0.0845. The van der Waals surface area contributed by atoms with E-state index in [9.17, 15) is 9.59 Å². The quantitative estimate of drug-likeness (QED) is 0.905. The molecule has 0 aliphatic heterocycles. The molecule has 0 atom stereocenters. The van der Waals surface area contributed by atoms with Crippen LogP contribution in [0.4, 0.5) is 0 Å². The minimum atomic E-state index is -0.288. The van der Waals surface area contributed by atoms with Gasteiger partial charge in [-0.15, -0.1) is 0 Å². The zero-order chi connectivity index (χ0) is 15.4. The number of hydrogen-bond acceptors (Lipinski definition) is 4. The second-order valence-corrected chi connectivity index (χ2v) is 4.99. The van der Waals surface area contributed by atoms with Gasteiger partial charge in [0.15, 0.2) is 0 Å². The van der Waals surface area contributed by atoms with Crippen molar-refractivity contribution in [1.82, 2.24) is 20.1 Å². The third-order valence-corrected chi connectivity index (χ3v) is 3.18. The maximum Gasteiger partial charge on any atom is 0.267 e. The van der Waals surface area contributed by atoms with E-state index in [1.54, 1.807) is 19.2 Å². The van der Waals surface area contributed by atoms with Crippen LogP contribution in [-0.2, 0) is 17.9 Å². The van der Waals surface area contributed by atoms with Crippen LogP contribution >= 0.6 is 0 Å². The summed E-state index contributed by atoms with van der Waals surface area (Å²) in [5.41, 5.74) is 3.39. The highest BCUT2D eigenvalue weighted by Gasteiger charge is 2.06. The number of carbonyl (C=O) groups is 1. The van der Waals surface area contributed by atoms with Gasteiger partial charge in [-0.1, -0.05) is 6.07 Å². The van der Waals surface area contributed by atoms with Crippen molar-refractivity contribution in [2.24, 2.45) is 0 Å². The monoisotopic (exact) mass is 286 g/mol. The molecule has 0 bridgehead atoms. The Labute approximate surface area is 122 Å². The smallest absolute Gasteiger partial charge is 0.267 e. The van der Waals surface area contributed by atoms with Gasteiger partial charge in [-0.3, -0.25) is 14.6 Å². The van der Waals surface area contributed by atoms with Crippen LogP contribution in [0.1, 0.15) is 22.5 Å². The van der Waals surface area contributed by atoms with Gasteiger partial charge in [-0.05, 0) is 38.0 Å². The maximum absolute atomic E-state index is 11.9. The van der Waals surface area contributed by atoms with E-state index in [2.05, 4.69) is 15.4 Å². The number of nitrogens with zero attached hydrogens (tertiary/aromatic N) is 3. The molecule has 0 aliphatic carbocycles. The summed E-state index contributed by atoms with van der Waals surface area (Å²) in [6.07, 6.45) is 1.74. The number of aryl methyl sites for hydroxylation is 3. The molecule has 2 rings (SSSR count). The van der Waals surface area contributed by atoms with Crippen LogP contribution in [0.2, 0.25) is 0 Å². The lowest BCUT2D eigenvalue weighted by molar-refractivity contribution is -0.122. The Bertz CT molecular complexity index is 722. The fourth-order valence-corrected chi connectivity index (χ4v) is 1.85. The minimum Gasteiger partial charge on any atom is -0.350 e. The normalized spacial score (nSPS) is 10.4. The predicted molar refractivity (Wildman–Crippen MR) is 78.8 cm³/mol. The summed E-state index contributed by atoms with van der Waals surface area (Å²) in [6, 6.07) is 5.01. The summed E-state index contributed by atoms with van der Waals surface area (Å²) in [4.78, 5) is 27.7.